The fraction of sp³-hybridized carbons (Fsp3) is 0.588. The Morgan fingerprint density at radius 2 is 1.21 bits per heavy atom. The van der Waals surface area contributed by atoms with E-state index < -0.39 is 5.97 Å². The molecular weight excluding hydrogens is 368 g/mol. The van der Waals surface area contributed by atoms with Crippen LogP contribution in [0.2, 0.25) is 0 Å². The van der Waals surface area contributed by atoms with E-state index in [1.54, 1.807) is 65.8 Å². The number of ether oxygens (including phenoxy) is 1. The molecule has 1 rings (SSSR count). The summed E-state index contributed by atoms with van der Waals surface area (Å²) < 4.78 is 4.79. The maximum Gasteiger partial charge on any atom is 0.326 e. The molecule has 0 atom stereocenters. The standard InChI is InChI=1S/C8H7ClO2.3C3H8O.Ti/c9-6-8(10)11-7-4-2-1-3-5-7;3*1-3(2)4;/h1-5H,6H2;3*3-4H,1-2H3;. The second-order valence-corrected chi connectivity index (χ2v) is 5.47. The molecule has 0 saturated heterocycles. The normalized spacial score (nSPS) is 8.71. The quantitative estimate of drug-likeness (QED) is 0.308. The molecule has 7 heteroatoms. The topological polar surface area (TPSA) is 87.0 Å². The maximum atomic E-state index is 10.6. The average molecular weight is 399 g/mol. The number of hydrogen-bond acceptors (Lipinski definition) is 5. The molecule has 5 nitrogen and oxygen atoms in total. The summed E-state index contributed by atoms with van der Waals surface area (Å²) >= 11 is 5.23. The fourth-order valence-corrected chi connectivity index (χ4v) is 0.702. The largest absolute Gasteiger partial charge is 0.426 e. The van der Waals surface area contributed by atoms with Crippen LogP contribution in [0.5, 0.6) is 5.75 Å². The number of carbonyl (C=O) groups is 1. The van der Waals surface area contributed by atoms with Crippen LogP contribution < -0.4 is 4.74 Å². The molecule has 1 aromatic carbocycles. The molecule has 3 N–H and O–H groups in total. The van der Waals surface area contributed by atoms with E-state index in [0.717, 1.165) is 0 Å². The first kappa shape index (κ1) is 31.4. The molecule has 0 saturated carbocycles. The van der Waals surface area contributed by atoms with Crippen LogP contribution in [0.4, 0.5) is 0 Å². The minimum Gasteiger partial charge on any atom is -0.426 e. The SMILES string of the molecule is CC(C)O.CC(C)O.CC(C)O.O=C(CCl)Oc1ccccc1.[Ti]. The maximum absolute atomic E-state index is 10.6. The molecule has 0 spiro atoms. The molecule has 0 unspecified atom stereocenters. The van der Waals surface area contributed by atoms with E-state index in [0.29, 0.717) is 5.75 Å². The number of hydrogen-bond donors (Lipinski definition) is 3. The van der Waals surface area contributed by atoms with Gasteiger partial charge in [-0.25, -0.2) is 0 Å². The van der Waals surface area contributed by atoms with Gasteiger partial charge in [-0.2, -0.15) is 0 Å². The number of para-hydroxylation sites is 1. The van der Waals surface area contributed by atoms with Gasteiger partial charge in [0.25, 0.3) is 0 Å². The van der Waals surface area contributed by atoms with Crippen molar-refractivity contribution >= 4 is 17.6 Å². The molecule has 0 heterocycles. The number of rotatable bonds is 2. The molecule has 1 aromatic rings. The molecular formula is C17H31ClO5Ti. The van der Waals surface area contributed by atoms with Gasteiger partial charge in [0, 0.05) is 40.0 Å². The van der Waals surface area contributed by atoms with Crippen LogP contribution in [0.15, 0.2) is 30.3 Å². The molecule has 0 aliphatic carbocycles. The Kier molecular flexibility index (Phi) is 29.5. The van der Waals surface area contributed by atoms with Gasteiger partial charge < -0.3 is 20.1 Å². The third-order valence-electron chi connectivity index (χ3n) is 1.08. The number of aliphatic hydroxyl groups excluding tert-OH is 3. The van der Waals surface area contributed by atoms with Crippen LogP contribution in [-0.2, 0) is 26.5 Å². The molecule has 0 bridgehead atoms. The van der Waals surface area contributed by atoms with E-state index in [-0.39, 0.29) is 45.9 Å². The minimum absolute atomic E-state index is 0. The van der Waals surface area contributed by atoms with Gasteiger partial charge in [-0.1, -0.05) is 18.2 Å². The summed E-state index contributed by atoms with van der Waals surface area (Å²) in [7, 11) is 0. The van der Waals surface area contributed by atoms with Gasteiger partial charge in [-0.05, 0) is 53.7 Å². The van der Waals surface area contributed by atoms with Crippen molar-refractivity contribution in [3.05, 3.63) is 30.3 Å². The van der Waals surface area contributed by atoms with Gasteiger partial charge in [-0.15, -0.1) is 11.6 Å². The van der Waals surface area contributed by atoms with Gasteiger partial charge in [0.2, 0.25) is 0 Å². The smallest absolute Gasteiger partial charge is 0.326 e. The zero-order chi connectivity index (χ0) is 18.8. The number of esters is 1. The van der Waals surface area contributed by atoms with Crippen molar-refractivity contribution in [2.24, 2.45) is 0 Å². The molecule has 140 valence electrons. The fourth-order valence-electron chi connectivity index (χ4n) is 0.647. The van der Waals surface area contributed by atoms with Gasteiger partial charge in [0.15, 0.2) is 0 Å². The van der Waals surface area contributed by atoms with Gasteiger partial charge in [0.1, 0.15) is 11.6 Å². The number of halogens is 1. The average Bonchev–Trinajstić information content (AvgIpc) is 2.37. The first-order chi connectivity index (χ1) is 10.5. The first-order valence-corrected chi connectivity index (χ1v) is 7.92. The predicted octanol–water partition coefficient (Wildman–Crippen LogP) is 2.99. The van der Waals surface area contributed by atoms with Gasteiger partial charge >= 0.3 is 5.97 Å². The summed E-state index contributed by atoms with van der Waals surface area (Å²) in [5, 5.41) is 24.2. The Bertz CT molecular complexity index is 337. The van der Waals surface area contributed by atoms with Crippen LogP contribution in [0.3, 0.4) is 0 Å². The Morgan fingerprint density at radius 3 is 1.46 bits per heavy atom. The summed E-state index contributed by atoms with van der Waals surface area (Å²) in [4.78, 5) is 10.6. The van der Waals surface area contributed by atoms with Crippen molar-refractivity contribution in [2.45, 2.75) is 59.9 Å². The van der Waals surface area contributed by atoms with Crippen LogP contribution in [0.25, 0.3) is 0 Å². The predicted molar refractivity (Wildman–Crippen MR) is 94.9 cm³/mol. The molecule has 0 aliphatic rings. The van der Waals surface area contributed by atoms with Crippen LogP contribution in [-0.4, -0.2) is 45.5 Å². The second-order valence-electron chi connectivity index (χ2n) is 5.20. The monoisotopic (exact) mass is 398 g/mol. The van der Waals surface area contributed by atoms with Crippen molar-refractivity contribution in [2.75, 3.05) is 5.88 Å². The van der Waals surface area contributed by atoms with Gasteiger partial charge in [0.05, 0.1) is 0 Å². The third kappa shape index (κ3) is 49.6. The van der Waals surface area contributed by atoms with E-state index >= 15 is 0 Å². The number of carbonyl (C=O) groups excluding carboxylic acids is 1. The van der Waals surface area contributed by atoms with Crippen LogP contribution >= 0.6 is 11.6 Å². The van der Waals surface area contributed by atoms with Crippen LogP contribution in [0.1, 0.15) is 41.5 Å². The Morgan fingerprint density at radius 1 is 0.917 bits per heavy atom. The van der Waals surface area contributed by atoms with E-state index in [1.807, 2.05) is 6.07 Å². The molecule has 0 aromatic heterocycles. The summed E-state index contributed by atoms with van der Waals surface area (Å²) in [6.45, 7) is 10.3. The van der Waals surface area contributed by atoms with Crippen molar-refractivity contribution in [1.82, 2.24) is 0 Å². The van der Waals surface area contributed by atoms with Crippen molar-refractivity contribution < 1.29 is 46.6 Å². The molecule has 0 aliphatic heterocycles. The van der Waals surface area contributed by atoms with E-state index in [1.165, 1.54) is 0 Å². The summed E-state index contributed by atoms with van der Waals surface area (Å²) in [5.74, 6) is -0.0226. The third-order valence-corrected chi connectivity index (χ3v) is 1.30. The van der Waals surface area contributed by atoms with E-state index in [4.69, 9.17) is 31.7 Å². The minimum atomic E-state index is -0.433. The van der Waals surface area contributed by atoms with Crippen molar-refractivity contribution in [3.8, 4) is 5.75 Å². The molecule has 0 fully saturated rings. The molecule has 0 radical (unpaired) electrons. The van der Waals surface area contributed by atoms with Crippen LogP contribution in [0, 0.1) is 0 Å². The van der Waals surface area contributed by atoms with Gasteiger partial charge in [-0.3, -0.25) is 4.79 Å². The summed E-state index contributed by atoms with van der Waals surface area (Å²) in [6, 6.07) is 8.82. The van der Waals surface area contributed by atoms with E-state index in [2.05, 4.69) is 0 Å². The molecule has 24 heavy (non-hydrogen) atoms. The Hall–Kier alpha value is -0.426. The Labute approximate surface area is 165 Å². The molecule has 0 amide bonds. The summed E-state index contributed by atoms with van der Waals surface area (Å²) in [5.41, 5.74) is 0. The van der Waals surface area contributed by atoms with Crippen molar-refractivity contribution in [3.63, 3.8) is 0 Å². The number of aliphatic hydroxyl groups is 3. The van der Waals surface area contributed by atoms with E-state index in [9.17, 15) is 4.79 Å². The number of benzene rings is 1. The summed E-state index contributed by atoms with van der Waals surface area (Å²) in [6.07, 6.45) is -0.500. The Balaban J connectivity index is -0.000000130. The van der Waals surface area contributed by atoms with Crippen molar-refractivity contribution in [1.29, 1.82) is 0 Å². The second kappa shape index (κ2) is 22.6. The zero-order valence-corrected chi connectivity index (χ0v) is 17.7. The number of alkyl halides is 1. The zero-order valence-electron chi connectivity index (χ0n) is 15.4. The first-order valence-electron chi connectivity index (χ1n) is 7.38.